The Morgan fingerprint density at radius 3 is 2.75 bits per heavy atom. The van der Waals surface area contributed by atoms with E-state index in [1.165, 1.54) is 23.1 Å². The van der Waals surface area contributed by atoms with Gasteiger partial charge in [-0.1, -0.05) is 23.9 Å². The highest BCUT2D eigenvalue weighted by atomic mass is 32.2. The molecule has 0 aliphatic carbocycles. The van der Waals surface area contributed by atoms with Crippen LogP contribution in [0, 0.1) is 27.7 Å². The number of carbonyl (C=O) groups is 1. The summed E-state index contributed by atoms with van der Waals surface area (Å²) in [6, 6.07) is 6.10. The zero-order valence-corrected chi connectivity index (χ0v) is 18.2. The summed E-state index contributed by atoms with van der Waals surface area (Å²) in [6.07, 6.45) is 0. The fourth-order valence-electron chi connectivity index (χ4n) is 2.41. The summed E-state index contributed by atoms with van der Waals surface area (Å²) in [4.78, 5) is 17.6. The molecule has 7 nitrogen and oxygen atoms in total. The molecule has 9 heteroatoms. The summed E-state index contributed by atoms with van der Waals surface area (Å²) in [5.74, 6) is 1.66. The smallest absolute Gasteiger partial charge is 0.236 e. The molecule has 0 unspecified atom stereocenters. The molecule has 0 bridgehead atoms. The van der Waals surface area contributed by atoms with Crippen LogP contribution in [-0.4, -0.2) is 31.4 Å². The fraction of sp³-hybridized carbons (Fsp3) is 0.368. The number of thiazole rings is 1. The summed E-state index contributed by atoms with van der Waals surface area (Å²) >= 11 is 2.81. The van der Waals surface area contributed by atoms with E-state index in [2.05, 4.69) is 26.6 Å². The third kappa shape index (κ3) is 4.90. The molecule has 2 heterocycles. The Morgan fingerprint density at radius 1 is 1.25 bits per heavy atom. The van der Waals surface area contributed by atoms with Gasteiger partial charge < -0.3 is 14.6 Å². The van der Waals surface area contributed by atoms with E-state index >= 15 is 0 Å². The number of benzene rings is 1. The number of aromatic nitrogens is 4. The maximum Gasteiger partial charge on any atom is 0.236 e. The van der Waals surface area contributed by atoms with E-state index in [1.807, 2.05) is 51.4 Å². The van der Waals surface area contributed by atoms with Gasteiger partial charge in [0, 0.05) is 11.9 Å². The Labute approximate surface area is 172 Å². The molecule has 148 valence electrons. The molecule has 0 spiro atoms. The molecule has 2 aromatic heterocycles. The molecular formula is C19H23N5O2S2. The van der Waals surface area contributed by atoms with Gasteiger partial charge in [0.15, 0.2) is 16.1 Å². The zero-order chi connectivity index (χ0) is 20.3. The van der Waals surface area contributed by atoms with Gasteiger partial charge in [-0.25, -0.2) is 4.98 Å². The van der Waals surface area contributed by atoms with E-state index in [0.29, 0.717) is 22.7 Å². The van der Waals surface area contributed by atoms with Crippen LogP contribution in [0.4, 0.5) is 5.13 Å². The van der Waals surface area contributed by atoms with Crippen molar-refractivity contribution in [3.8, 4) is 5.75 Å². The van der Waals surface area contributed by atoms with Crippen molar-refractivity contribution in [1.82, 2.24) is 19.7 Å². The first-order chi connectivity index (χ1) is 13.3. The number of hydrogen-bond donors (Lipinski definition) is 1. The summed E-state index contributed by atoms with van der Waals surface area (Å²) in [7, 11) is 1.87. The van der Waals surface area contributed by atoms with Gasteiger partial charge in [0.1, 0.15) is 12.4 Å². The van der Waals surface area contributed by atoms with Crippen LogP contribution in [-0.2, 0) is 18.4 Å². The van der Waals surface area contributed by atoms with Crippen molar-refractivity contribution in [2.75, 3.05) is 11.1 Å². The maximum absolute atomic E-state index is 12.2. The lowest BCUT2D eigenvalue weighted by Crippen LogP contribution is -2.14. The fourth-order valence-corrected chi connectivity index (χ4v) is 3.97. The second kappa shape index (κ2) is 8.74. The molecule has 3 aromatic rings. The van der Waals surface area contributed by atoms with Crippen LogP contribution in [0.25, 0.3) is 0 Å². The number of ether oxygens (including phenoxy) is 1. The van der Waals surface area contributed by atoms with E-state index in [1.54, 1.807) is 0 Å². The van der Waals surface area contributed by atoms with Crippen LogP contribution in [0.1, 0.15) is 27.5 Å². The molecular weight excluding hydrogens is 394 g/mol. The lowest BCUT2D eigenvalue weighted by Gasteiger charge is -2.09. The normalized spacial score (nSPS) is 10.9. The highest BCUT2D eigenvalue weighted by Crippen LogP contribution is 2.23. The van der Waals surface area contributed by atoms with Gasteiger partial charge in [0.05, 0.1) is 11.4 Å². The highest BCUT2D eigenvalue weighted by Gasteiger charge is 2.14. The molecule has 1 N–H and O–H groups in total. The maximum atomic E-state index is 12.2. The third-order valence-corrected chi connectivity index (χ3v) is 6.24. The predicted molar refractivity (Wildman–Crippen MR) is 112 cm³/mol. The Bertz CT molecular complexity index is 977. The summed E-state index contributed by atoms with van der Waals surface area (Å²) < 4.78 is 7.75. The lowest BCUT2D eigenvalue weighted by atomic mass is 10.1. The molecule has 1 amide bonds. The van der Waals surface area contributed by atoms with Crippen LogP contribution in [0.15, 0.2) is 23.4 Å². The number of hydrogen-bond acceptors (Lipinski definition) is 7. The number of carbonyl (C=O) groups excluding carboxylic acids is 1. The molecule has 0 atom stereocenters. The van der Waals surface area contributed by atoms with Gasteiger partial charge in [0.25, 0.3) is 0 Å². The number of amides is 1. The van der Waals surface area contributed by atoms with Crippen molar-refractivity contribution in [1.29, 1.82) is 0 Å². The second-order valence-corrected chi connectivity index (χ2v) is 8.66. The number of rotatable bonds is 7. The van der Waals surface area contributed by atoms with Crippen molar-refractivity contribution < 1.29 is 9.53 Å². The SMILES string of the molecule is Cc1ccc(C)c(OCc2nnc(SCC(=O)Nc3nc(C)c(C)s3)n2C)c1. The van der Waals surface area contributed by atoms with Gasteiger partial charge in [0.2, 0.25) is 5.91 Å². The average molecular weight is 418 g/mol. The molecule has 0 radical (unpaired) electrons. The Balaban J connectivity index is 1.55. The standard InChI is InChI=1S/C19H23N5O2S2/c1-11-6-7-12(2)15(8-11)26-9-16-22-23-19(24(16)5)27-10-17(25)21-18-20-13(3)14(4)28-18/h6-8H,9-10H2,1-5H3,(H,20,21,25). The van der Waals surface area contributed by atoms with E-state index in [9.17, 15) is 4.79 Å². The first-order valence-corrected chi connectivity index (χ1v) is 10.6. The summed E-state index contributed by atoms with van der Waals surface area (Å²) in [6.45, 7) is 8.27. The van der Waals surface area contributed by atoms with Gasteiger partial charge in [-0.3, -0.25) is 4.79 Å². The number of nitrogens with zero attached hydrogens (tertiary/aromatic N) is 4. The van der Waals surface area contributed by atoms with Crippen LogP contribution >= 0.6 is 23.1 Å². The molecule has 1 aromatic carbocycles. The van der Waals surface area contributed by atoms with Gasteiger partial charge in [-0.2, -0.15) is 0 Å². The monoisotopic (exact) mass is 417 g/mol. The van der Waals surface area contributed by atoms with Crippen LogP contribution in [0.2, 0.25) is 0 Å². The first-order valence-electron chi connectivity index (χ1n) is 8.78. The van der Waals surface area contributed by atoms with E-state index in [-0.39, 0.29) is 11.7 Å². The van der Waals surface area contributed by atoms with Gasteiger partial charge >= 0.3 is 0 Å². The quantitative estimate of drug-likeness (QED) is 0.589. The summed E-state index contributed by atoms with van der Waals surface area (Å²) in [5, 5.41) is 12.5. The van der Waals surface area contributed by atoms with Crippen LogP contribution in [0.5, 0.6) is 5.75 Å². The zero-order valence-electron chi connectivity index (χ0n) is 16.6. The van der Waals surface area contributed by atoms with Crippen molar-refractivity contribution in [2.45, 2.75) is 39.5 Å². The van der Waals surface area contributed by atoms with Gasteiger partial charge in [-0.05, 0) is 44.9 Å². The predicted octanol–water partition coefficient (Wildman–Crippen LogP) is 3.82. The summed E-state index contributed by atoms with van der Waals surface area (Å²) in [5.41, 5.74) is 3.16. The molecule has 28 heavy (non-hydrogen) atoms. The minimum atomic E-state index is -0.116. The van der Waals surface area contributed by atoms with E-state index in [4.69, 9.17) is 4.74 Å². The largest absolute Gasteiger partial charge is 0.485 e. The van der Waals surface area contributed by atoms with Crippen LogP contribution < -0.4 is 10.1 Å². The van der Waals surface area contributed by atoms with Crippen molar-refractivity contribution in [2.24, 2.45) is 7.05 Å². The Morgan fingerprint density at radius 2 is 2.04 bits per heavy atom. The number of anilines is 1. The molecule has 0 saturated carbocycles. The molecule has 3 rings (SSSR count). The third-order valence-electron chi connectivity index (χ3n) is 4.23. The first kappa shape index (κ1) is 20.3. The Hall–Kier alpha value is -2.39. The minimum Gasteiger partial charge on any atom is -0.485 e. The van der Waals surface area contributed by atoms with E-state index < -0.39 is 0 Å². The Kier molecular flexibility index (Phi) is 6.35. The second-order valence-electron chi connectivity index (χ2n) is 6.51. The van der Waals surface area contributed by atoms with Crippen LogP contribution in [0.3, 0.4) is 0 Å². The average Bonchev–Trinajstić information content (AvgIpc) is 3.15. The number of aryl methyl sites for hydroxylation is 4. The van der Waals surface area contributed by atoms with Crippen molar-refractivity contribution in [3.05, 3.63) is 45.7 Å². The minimum absolute atomic E-state index is 0.116. The van der Waals surface area contributed by atoms with Gasteiger partial charge in [-0.15, -0.1) is 21.5 Å². The lowest BCUT2D eigenvalue weighted by molar-refractivity contribution is -0.113. The number of nitrogens with one attached hydrogen (secondary N) is 1. The van der Waals surface area contributed by atoms with Crippen molar-refractivity contribution >= 4 is 34.1 Å². The van der Waals surface area contributed by atoms with E-state index in [0.717, 1.165) is 27.4 Å². The molecule has 0 aliphatic heterocycles. The molecule has 0 aliphatic rings. The molecule has 0 saturated heterocycles. The highest BCUT2D eigenvalue weighted by molar-refractivity contribution is 7.99. The number of thioether (sulfide) groups is 1. The van der Waals surface area contributed by atoms with Crippen molar-refractivity contribution in [3.63, 3.8) is 0 Å². The molecule has 0 fully saturated rings. The topological polar surface area (TPSA) is 81.9 Å².